The molecule has 2 heteroatoms. The average molecular weight is 454 g/mol. The van der Waals surface area contributed by atoms with Gasteiger partial charge in [-0.15, -0.1) is 0 Å². The highest BCUT2D eigenvalue weighted by atomic mass is 19.1. The second-order valence-corrected chi connectivity index (χ2v) is 10.2. The third-order valence-electron chi connectivity index (χ3n) is 7.72. The van der Waals surface area contributed by atoms with Gasteiger partial charge < -0.3 is 4.90 Å². The van der Waals surface area contributed by atoms with Crippen LogP contribution in [0.5, 0.6) is 0 Å². The summed E-state index contributed by atoms with van der Waals surface area (Å²) in [5.74, 6) is 0.703. The molecule has 0 unspecified atom stereocenters. The van der Waals surface area contributed by atoms with Crippen LogP contribution in [0.15, 0.2) is 66.7 Å². The first-order valence-electron chi connectivity index (χ1n) is 12.9. The fraction of sp³-hybridized carbons (Fsp3) is 0.375. The van der Waals surface area contributed by atoms with E-state index in [2.05, 4.69) is 85.5 Å². The summed E-state index contributed by atoms with van der Waals surface area (Å²) in [5.41, 5.74) is 12.5. The maximum atomic E-state index is 12.4. The third-order valence-corrected chi connectivity index (χ3v) is 7.72. The van der Waals surface area contributed by atoms with Gasteiger partial charge in [-0.1, -0.05) is 66.7 Å². The van der Waals surface area contributed by atoms with E-state index in [1.807, 2.05) is 0 Å². The third kappa shape index (κ3) is 4.88. The lowest BCUT2D eigenvalue weighted by molar-refractivity contribution is 0.0968. The smallest absolute Gasteiger partial charge is 0.0906 e. The Morgan fingerprint density at radius 2 is 1.62 bits per heavy atom. The quantitative estimate of drug-likeness (QED) is 0.359. The van der Waals surface area contributed by atoms with Crippen LogP contribution in [-0.2, 0) is 12.8 Å². The Bertz CT molecular complexity index is 1170. The van der Waals surface area contributed by atoms with E-state index in [4.69, 9.17) is 0 Å². The number of fused-ring (bicyclic) bond motifs is 1. The van der Waals surface area contributed by atoms with Gasteiger partial charge in [-0.2, -0.15) is 0 Å². The number of hydrogen-bond acceptors (Lipinski definition) is 1. The number of halogens is 1. The summed E-state index contributed by atoms with van der Waals surface area (Å²) in [4.78, 5) is 2.38. The summed E-state index contributed by atoms with van der Waals surface area (Å²) in [7, 11) is 0. The molecule has 0 spiro atoms. The molecule has 34 heavy (non-hydrogen) atoms. The molecule has 1 heterocycles. The maximum absolute atomic E-state index is 12.4. The van der Waals surface area contributed by atoms with Crippen molar-refractivity contribution in [1.29, 1.82) is 0 Å². The van der Waals surface area contributed by atoms with E-state index in [0.717, 1.165) is 38.9 Å². The molecule has 1 aliphatic carbocycles. The molecule has 0 saturated carbocycles. The molecule has 5 rings (SSSR count). The Labute approximate surface area is 204 Å². The average Bonchev–Trinajstić information content (AvgIpc) is 3.02. The van der Waals surface area contributed by atoms with Crippen LogP contribution in [-0.4, -0.2) is 31.2 Å². The fourth-order valence-electron chi connectivity index (χ4n) is 5.69. The zero-order valence-electron chi connectivity index (χ0n) is 20.6. The van der Waals surface area contributed by atoms with Gasteiger partial charge in [-0.3, -0.25) is 4.39 Å². The van der Waals surface area contributed by atoms with Crippen LogP contribution >= 0.6 is 0 Å². The Hall–Kier alpha value is -2.71. The monoisotopic (exact) mass is 453 g/mol. The molecule has 0 radical (unpaired) electrons. The summed E-state index contributed by atoms with van der Waals surface area (Å²) >= 11 is 0. The first-order valence-corrected chi connectivity index (χ1v) is 12.9. The van der Waals surface area contributed by atoms with Crippen molar-refractivity contribution >= 4 is 11.1 Å². The molecular weight excluding hydrogens is 417 g/mol. The number of rotatable bonds is 7. The first kappa shape index (κ1) is 23.1. The Morgan fingerprint density at radius 1 is 0.853 bits per heavy atom. The van der Waals surface area contributed by atoms with Crippen molar-refractivity contribution < 1.29 is 4.39 Å². The van der Waals surface area contributed by atoms with Crippen LogP contribution in [0, 0.1) is 19.8 Å². The SMILES string of the molecule is Cc1ccc(C2=C(c3ccc(CC4CN(CCCF)C4)cc3)c3ccccc3CCC2)cc1C. The molecule has 1 nitrogen and oxygen atoms in total. The van der Waals surface area contributed by atoms with E-state index in [0.29, 0.717) is 12.3 Å². The second-order valence-electron chi connectivity index (χ2n) is 10.2. The van der Waals surface area contributed by atoms with Crippen LogP contribution < -0.4 is 0 Å². The molecule has 2 aliphatic rings. The normalized spacial score (nSPS) is 16.8. The van der Waals surface area contributed by atoms with Crippen LogP contribution in [0.3, 0.4) is 0 Å². The number of hydrogen-bond donors (Lipinski definition) is 0. The minimum absolute atomic E-state index is 0.203. The van der Waals surface area contributed by atoms with E-state index in [1.54, 1.807) is 0 Å². The maximum Gasteiger partial charge on any atom is 0.0906 e. The number of benzene rings is 3. The first-order chi connectivity index (χ1) is 16.6. The van der Waals surface area contributed by atoms with Crippen molar-refractivity contribution in [2.24, 2.45) is 5.92 Å². The highest BCUT2D eigenvalue weighted by Crippen LogP contribution is 2.40. The summed E-state index contributed by atoms with van der Waals surface area (Å²) in [6, 6.07) is 25.3. The molecule has 3 aromatic carbocycles. The Kier molecular flexibility index (Phi) is 6.97. The molecular formula is C32H36FN. The van der Waals surface area contributed by atoms with Gasteiger partial charge in [0.05, 0.1) is 6.67 Å². The van der Waals surface area contributed by atoms with Gasteiger partial charge in [0.2, 0.25) is 0 Å². The molecule has 0 aromatic heterocycles. The number of likely N-dealkylation sites (tertiary alicyclic amines) is 1. The topological polar surface area (TPSA) is 3.24 Å². The minimum atomic E-state index is -0.203. The van der Waals surface area contributed by atoms with Crippen molar-refractivity contribution in [3.05, 3.63) is 106 Å². The van der Waals surface area contributed by atoms with Gasteiger partial charge in [-0.25, -0.2) is 0 Å². The van der Waals surface area contributed by atoms with Crippen molar-refractivity contribution in [2.45, 2.75) is 46.0 Å². The number of alkyl halides is 1. The van der Waals surface area contributed by atoms with Gasteiger partial charge in [0.15, 0.2) is 0 Å². The van der Waals surface area contributed by atoms with E-state index in [9.17, 15) is 4.39 Å². The number of aryl methyl sites for hydroxylation is 3. The number of nitrogens with zero attached hydrogens (tertiary/aromatic N) is 1. The minimum Gasteiger partial charge on any atom is -0.303 e. The van der Waals surface area contributed by atoms with Crippen molar-refractivity contribution in [2.75, 3.05) is 26.3 Å². The Balaban J connectivity index is 1.46. The summed E-state index contributed by atoms with van der Waals surface area (Å²) in [6.45, 7) is 7.33. The molecule has 1 saturated heterocycles. The molecule has 176 valence electrons. The molecule has 0 bridgehead atoms. The van der Waals surface area contributed by atoms with E-state index >= 15 is 0 Å². The predicted octanol–water partition coefficient (Wildman–Crippen LogP) is 7.43. The van der Waals surface area contributed by atoms with Gasteiger partial charge in [0.25, 0.3) is 0 Å². The largest absolute Gasteiger partial charge is 0.303 e. The van der Waals surface area contributed by atoms with Gasteiger partial charge >= 0.3 is 0 Å². The molecule has 0 atom stereocenters. The summed E-state index contributed by atoms with van der Waals surface area (Å²) in [5, 5.41) is 0. The van der Waals surface area contributed by atoms with Crippen LogP contribution in [0.1, 0.15) is 58.2 Å². The van der Waals surface area contributed by atoms with Crippen LogP contribution in [0.25, 0.3) is 11.1 Å². The summed E-state index contributed by atoms with van der Waals surface area (Å²) in [6.07, 6.45) is 5.20. The van der Waals surface area contributed by atoms with Crippen molar-refractivity contribution in [1.82, 2.24) is 4.90 Å². The fourth-order valence-corrected chi connectivity index (χ4v) is 5.69. The van der Waals surface area contributed by atoms with Gasteiger partial charge in [-0.05, 0) is 102 Å². The van der Waals surface area contributed by atoms with Gasteiger partial charge in [0.1, 0.15) is 0 Å². The second kappa shape index (κ2) is 10.3. The van der Waals surface area contributed by atoms with Crippen LogP contribution in [0.4, 0.5) is 4.39 Å². The Morgan fingerprint density at radius 3 is 2.38 bits per heavy atom. The highest BCUT2D eigenvalue weighted by molar-refractivity contribution is 6.00. The van der Waals surface area contributed by atoms with Crippen molar-refractivity contribution in [3.63, 3.8) is 0 Å². The molecule has 1 aliphatic heterocycles. The lowest BCUT2D eigenvalue weighted by Crippen LogP contribution is -2.47. The standard InChI is InChI=1S/C32H36FN/c1-23-11-14-29(19-24(23)2)31-10-5-8-27-7-3-4-9-30(27)32(31)28-15-12-25(13-16-28)20-26-21-34(22-26)18-6-17-33/h3-4,7,9,11-16,19,26H,5-6,8,10,17-18,20-22H2,1-2H3. The van der Waals surface area contributed by atoms with Crippen molar-refractivity contribution in [3.8, 4) is 0 Å². The van der Waals surface area contributed by atoms with E-state index in [-0.39, 0.29) is 6.67 Å². The highest BCUT2D eigenvalue weighted by Gasteiger charge is 2.26. The molecule has 1 fully saturated rings. The lowest BCUT2D eigenvalue weighted by Gasteiger charge is -2.39. The lowest BCUT2D eigenvalue weighted by atomic mass is 9.86. The summed E-state index contributed by atoms with van der Waals surface area (Å²) < 4.78 is 12.4. The zero-order chi connectivity index (χ0) is 23.5. The predicted molar refractivity (Wildman–Crippen MR) is 142 cm³/mol. The number of allylic oxidation sites excluding steroid dienone is 1. The molecule has 3 aromatic rings. The van der Waals surface area contributed by atoms with E-state index < -0.39 is 0 Å². The van der Waals surface area contributed by atoms with Gasteiger partial charge in [0, 0.05) is 19.6 Å². The molecule has 0 amide bonds. The van der Waals surface area contributed by atoms with E-state index in [1.165, 1.54) is 56.5 Å². The molecule has 0 N–H and O–H groups in total. The van der Waals surface area contributed by atoms with Crippen LogP contribution in [0.2, 0.25) is 0 Å². The zero-order valence-corrected chi connectivity index (χ0v) is 20.6.